The fourth-order valence-corrected chi connectivity index (χ4v) is 2.45. The molecule has 0 saturated carbocycles. The lowest BCUT2D eigenvalue weighted by Gasteiger charge is -2.07. The van der Waals surface area contributed by atoms with Gasteiger partial charge in [-0.2, -0.15) is 5.10 Å². The second kappa shape index (κ2) is 9.45. The van der Waals surface area contributed by atoms with Gasteiger partial charge < -0.3 is 10.1 Å². The number of hydrogen-bond acceptors (Lipinski definition) is 3. The number of halogens is 1. The van der Waals surface area contributed by atoms with Crippen LogP contribution in [-0.4, -0.2) is 11.3 Å². The zero-order chi connectivity index (χ0) is 18.9. The first-order valence-electron chi connectivity index (χ1n) is 8.31. The molecule has 3 aromatic rings. The van der Waals surface area contributed by atoms with E-state index >= 15 is 0 Å². The van der Waals surface area contributed by atoms with E-state index in [-0.39, 0.29) is 5.82 Å². The van der Waals surface area contributed by atoms with E-state index in [9.17, 15) is 4.39 Å². The van der Waals surface area contributed by atoms with Gasteiger partial charge in [0.05, 0.1) is 6.21 Å². The first kappa shape index (κ1) is 18.5. The average Bonchev–Trinajstić information content (AvgIpc) is 2.69. The monoisotopic (exact) mass is 379 g/mol. The molecule has 0 unspecified atom stereocenters. The molecule has 3 rings (SSSR count). The van der Waals surface area contributed by atoms with Gasteiger partial charge in [-0.1, -0.05) is 42.5 Å². The van der Waals surface area contributed by atoms with E-state index < -0.39 is 0 Å². The minimum Gasteiger partial charge on any atom is -0.489 e. The van der Waals surface area contributed by atoms with Gasteiger partial charge in [-0.05, 0) is 59.7 Å². The third-order valence-corrected chi connectivity index (χ3v) is 3.78. The van der Waals surface area contributed by atoms with Crippen LogP contribution in [0.2, 0.25) is 0 Å². The first-order valence-corrected chi connectivity index (χ1v) is 8.72. The molecule has 27 heavy (non-hydrogen) atoms. The van der Waals surface area contributed by atoms with Crippen molar-refractivity contribution in [2.75, 3.05) is 5.32 Å². The highest BCUT2D eigenvalue weighted by Gasteiger charge is 1.98. The number of thiocarbonyl (C=S) groups is 1. The molecule has 0 radical (unpaired) electrons. The molecule has 0 bridgehead atoms. The quantitative estimate of drug-likeness (QED) is 0.369. The zero-order valence-electron chi connectivity index (χ0n) is 14.4. The summed E-state index contributed by atoms with van der Waals surface area (Å²) in [6.45, 7) is 0.505. The molecule has 0 aliphatic rings. The van der Waals surface area contributed by atoms with Crippen molar-refractivity contribution in [3.63, 3.8) is 0 Å². The van der Waals surface area contributed by atoms with Crippen molar-refractivity contribution >= 4 is 29.2 Å². The molecule has 0 fully saturated rings. The molecule has 2 N–H and O–H groups in total. The van der Waals surface area contributed by atoms with Gasteiger partial charge in [0.25, 0.3) is 0 Å². The second-order valence-corrected chi connectivity index (χ2v) is 6.09. The first-order chi connectivity index (χ1) is 13.2. The fraction of sp³-hybridized carbons (Fsp3) is 0.0476. The summed E-state index contributed by atoms with van der Waals surface area (Å²) in [6, 6.07) is 23.5. The Morgan fingerprint density at radius 1 is 1.00 bits per heavy atom. The lowest BCUT2D eigenvalue weighted by molar-refractivity contribution is 0.306. The van der Waals surface area contributed by atoms with Crippen molar-refractivity contribution in [2.45, 2.75) is 6.61 Å². The molecule has 0 aliphatic carbocycles. The van der Waals surface area contributed by atoms with E-state index in [1.807, 2.05) is 54.6 Å². The molecule has 3 aromatic carbocycles. The molecule has 0 atom stereocenters. The molecule has 0 amide bonds. The number of hydrogen-bond donors (Lipinski definition) is 2. The minimum absolute atomic E-state index is 0.299. The van der Waals surface area contributed by atoms with Crippen LogP contribution in [0.1, 0.15) is 11.1 Å². The zero-order valence-corrected chi connectivity index (χ0v) is 15.2. The maximum atomic E-state index is 12.9. The summed E-state index contributed by atoms with van der Waals surface area (Å²) in [5, 5.41) is 7.34. The second-order valence-electron chi connectivity index (χ2n) is 5.68. The molecule has 0 aromatic heterocycles. The highest BCUT2D eigenvalue weighted by atomic mass is 32.1. The van der Waals surface area contributed by atoms with Gasteiger partial charge in [-0.15, -0.1) is 0 Å². The van der Waals surface area contributed by atoms with Crippen LogP contribution in [0.5, 0.6) is 5.75 Å². The Balaban J connectivity index is 1.51. The summed E-state index contributed by atoms with van der Waals surface area (Å²) in [4.78, 5) is 0. The third kappa shape index (κ3) is 6.20. The van der Waals surface area contributed by atoms with Gasteiger partial charge in [0.15, 0.2) is 5.11 Å². The predicted molar refractivity (Wildman–Crippen MR) is 111 cm³/mol. The topological polar surface area (TPSA) is 45.7 Å². The summed E-state index contributed by atoms with van der Waals surface area (Å²) >= 11 is 5.15. The largest absolute Gasteiger partial charge is 0.489 e. The Morgan fingerprint density at radius 2 is 1.78 bits per heavy atom. The van der Waals surface area contributed by atoms with Crippen molar-refractivity contribution in [3.8, 4) is 5.75 Å². The number of ether oxygens (including phenoxy) is 1. The summed E-state index contributed by atoms with van der Waals surface area (Å²) in [7, 11) is 0. The molecule has 6 heteroatoms. The van der Waals surface area contributed by atoms with Crippen LogP contribution in [0, 0.1) is 5.82 Å². The predicted octanol–water partition coefficient (Wildman–Crippen LogP) is 4.73. The van der Waals surface area contributed by atoms with E-state index in [1.54, 1.807) is 18.3 Å². The van der Waals surface area contributed by atoms with Crippen molar-refractivity contribution in [1.29, 1.82) is 0 Å². The number of nitrogens with one attached hydrogen (secondary N) is 2. The Morgan fingerprint density at radius 3 is 2.56 bits per heavy atom. The Hall–Kier alpha value is -3.25. The Kier molecular flexibility index (Phi) is 6.49. The molecule has 0 heterocycles. The van der Waals surface area contributed by atoms with Gasteiger partial charge in [-0.3, -0.25) is 5.43 Å². The van der Waals surface area contributed by atoms with Crippen LogP contribution < -0.4 is 15.5 Å². The molecular weight excluding hydrogens is 361 g/mol. The molecule has 0 saturated heterocycles. The lowest BCUT2D eigenvalue weighted by Crippen LogP contribution is -2.23. The minimum atomic E-state index is -0.299. The number of benzene rings is 3. The van der Waals surface area contributed by atoms with Crippen LogP contribution in [0.3, 0.4) is 0 Å². The van der Waals surface area contributed by atoms with Crippen LogP contribution in [0.15, 0.2) is 84.0 Å². The van der Waals surface area contributed by atoms with E-state index in [1.165, 1.54) is 12.1 Å². The highest BCUT2D eigenvalue weighted by molar-refractivity contribution is 7.80. The van der Waals surface area contributed by atoms with Gasteiger partial charge in [0, 0.05) is 5.69 Å². The molecule has 4 nitrogen and oxygen atoms in total. The SMILES string of the molecule is Fc1ccc(NC(=S)NN=Cc2cccc(OCc3ccccc3)c2)cc1. The molecule has 0 spiro atoms. The maximum Gasteiger partial charge on any atom is 0.191 e. The van der Waals surface area contributed by atoms with Crippen molar-refractivity contribution in [1.82, 2.24) is 5.43 Å². The Bertz CT molecular complexity index is 914. The molecular formula is C21H18FN3OS. The van der Waals surface area contributed by atoms with Gasteiger partial charge in [-0.25, -0.2) is 4.39 Å². The Labute approximate surface area is 162 Å². The van der Waals surface area contributed by atoms with E-state index in [2.05, 4.69) is 15.8 Å². The van der Waals surface area contributed by atoms with E-state index in [0.717, 1.165) is 16.9 Å². The average molecular weight is 379 g/mol. The third-order valence-electron chi connectivity index (χ3n) is 3.59. The van der Waals surface area contributed by atoms with Crippen molar-refractivity contribution in [2.24, 2.45) is 5.10 Å². The maximum absolute atomic E-state index is 12.9. The lowest BCUT2D eigenvalue weighted by atomic mass is 10.2. The summed E-state index contributed by atoms with van der Waals surface area (Å²) in [6.07, 6.45) is 1.65. The van der Waals surface area contributed by atoms with E-state index in [0.29, 0.717) is 17.4 Å². The van der Waals surface area contributed by atoms with Gasteiger partial charge in [0.1, 0.15) is 18.2 Å². The molecule has 0 aliphatic heterocycles. The number of nitrogens with zero attached hydrogens (tertiary/aromatic N) is 1. The highest BCUT2D eigenvalue weighted by Crippen LogP contribution is 2.14. The standard InChI is InChI=1S/C21H18FN3OS/c22-18-9-11-19(12-10-18)24-21(27)25-23-14-17-7-4-8-20(13-17)26-15-16-5-2-1-3-6-16/h1-14H,15H2,(H2,24,25,27). The van der Waals surface area contributed by atoms with Crippen LogP contribution >= 0.6 is 12.2 Å². The summed E-state index contributed by atoms with van der Waals surface area (Å²) in [5.74, 6) is 0.460. The normalized spacial score (nSPS) is 10.6. The van der Waals surface area contributed by atoms with Crippen molar-refractivity contribution < 1.29 is 9.13 Å². The summed E-state index contributed by atoms with van der Waals surface area (Å²) in [5.41, 5.74) is 5.39. The number of hydrazone groups is 1. The van der Waals surface area contributed by atoms with Crippen LogP contribution in [-0.2, 0) is 6.61 Å². The smallest absolute Gasteiger partial charge is 0.191 e. The molecule has 136 valence electrons. The van der Waals surface area contributed by atoms with Crippen LogP contribution in [0.25, 0.3) is 0 Å². The number of rotatable bonds is 6. The number of anilines is 1. The van der Waals surface area contributed by atoms with E-state index in [4.69, 9.17) is 17.0 Å². The fourth-order valence-electron chi connectivity index (χ4n) is 2.28. The summed E-state index contributed by atoms with van der Waals surface area (Å²) < 4.78 is 18.7. The van der Waals surface area contributed by atoms with Crippen molar-refractivity contribution in [3.05, 3.63) is 95.8 Å². The van der Waals surface area contributed by atoms with Crippen LogP contribution in [0.4, 0.5) is 10.1 Å². The van der Waals surface area contributed by atoms with Gasteiger partial charge in [0.2, 0.25) is 0 Å². The van der Waals surface area contributed by atoms with Gasteiger partial charge >= 0.3 is 0 Å².